The van der Waals surface area contributed by atoms with E-state index >= 15 is 0 Å². The molecule has 10 heteroatoms. The van der Waals surface area contributed by atoms with Gasteiger partial charge < -0.3 is 0 Å². The smallest absolute Gasteiger partial charge is 0.237 e. The average Bonchev–Trinajstić information content (AvgIpc) is 3.60. The Morgan fingerprint density at radius 3 is 2.72 bits per heavy atom. The van der Waals surface area contributed by atoms with Crippen LogP contribution in [0.5, 0.6) is 0 Å². The Morgan fingerprint density at radius 2 is 1.86 bits per heavy atom. The molecule has 0 unspecified atom stereocenters. The summed E-state index contributed by atoms with van der Waals surface area (Å²) >= 11 is 1.52. The lowest BCUT2D eigenvalue weighted by Crippen LogP contribution is -2.26. The summed E-state index contributed by atoms with van der Waals surface area (Å²) in [4.78, 5) is 37.9. The fourth-order valence-electron chi connectivity index (χ4n) is 4.40. The van der Waals surface area contributed by atoms with Crippen LogP contribution in [0.25, 0.3) is 65.1 Å². The van der Waals surface area contributed by atoms with Crippen LogP contribution in [0.3, 0.4) is 0 Å². The first-order valence-corrected chi connectivity index (χ1v) is 12.3. The molecule has 5 aromatic heterocycles. The summed E-state index contributed by atoms with van der Waals surface area (Å²) in [6.07, 6.45) is 5.21. The van der Waals surface area contributed by atoms with Gasteiger partial charge in [0, 0.05) is 33.3 Å². The summed E-state index contributed by atoms with van der Waals surface area (Å²) in [5.41, 5.74) is 4.81. The van der Waals surface area contributed by atoms with Crippen LogP contribution in [0.2, 0.25) is 0 Å². The monoisotopic (exact) mass is 492 g/mol. The maximum absolute atomic E-state index is 13.7. The lowest BCUT2D eigenvalue weighted by molar-refractivity contribution is 0.0778. The number of thiophene rings is 1. The van der Waals surface area contributed by atoms with Gasteiger partial charge in [0.25, 0.3) is 0 Å². The van der Waals surface area contributed by atoms with Crippen LogP contribution < -0.4 is 0 Å². The zero-order valence-electron chi connectivity index (χ0n) is 19.7. The topological polar surface area (TPSA) is 118 Å². The number of pyridine rings is 3. The van der Waals surface area contributed by atoms with Crippen molar-refractivity contribution >= 4 is 70.9 Å². The molecule has 0 aromatic carbocycles. The Labute approximate surface area is 207 Å². The summed E-state index contributed by atoms with van der Waals surface area (Å²) in [5.74, 6) is -0.0274. The number of H-pyrrole nitrogens is 2. The lowest BCUT2D eigenvalue weighted by atomic mass is 9.95. The zero-order valence-corrected chi connectivity index (χ0v) is 20.5. The number of aromatic nitrogens is 8. The molecule has 0 atom stereocenters. The Kier molecular flexibility index (Phi) is 4.23. The average molecular weight is 493 g/mol. The normalized spacial score (nSPS) is 12.4. The van der Waals surface area contributed by atoms with Gasteiger partial charge in [0.1, 0.15) is 21.7 Å². The highest BCUT2D eigenvalue weighted by Crippen LogP contribution is 2.32. The lowest BCUT2D eigenvalue weighted by Gasteiger charge is -2.19. The number of carbonyl (C=O) groups is 1. The van der Waals surface area contributed by atoms with E-state index < -0.39 is 5.41 Å². The molecule has 0 aliphatic carbocycles. The molecule has 7 rings (SSSR count). The van der Waals surface area contributed by atoms with Gasteiger partial charge >= 0.3 is 0 Å². The highest BCUT2D eigenvalue weighted by molar-refractivity contribution is 7.24. The molecule has 176 valence electrons. The molecule has 2 aliphatic rings. The first-order chi connectivity index (χ1) is 17.4. The van der Waals surface area contributed by atoms with Crippen molar-refractivity contribution in [3.8, 4) is 11.4 Å². The molecule has 36 heavy (non-hydrogen) atoms. The number of carbonyl (C=O) groups excluding carboxylic acids is 1. The van der Waals surface area contributed by atoms with Gasteiger partial charge in [0.05, 0.1) is 22.7 Å². The second-order valence-electron chi connectivity index (χ2n) is 9.76. The molecule has 0 amide bonds. The number of hydrogen-bond acceptors (Lipinski definition) is 7. The van der Waals surface area contributed by atoms with Crippen molar-refractivity contribution in [2.45, 2.75) is 20.8 Å². The molecule has 9 nitrogen and oxygen atoms in total. The van der Waals surface area contributed by atoms with Crippen LogP contribution in [0.15, 0.2) is 55.0 Å². The Bertz CT molecular complexity index is 2020. The van der Waals surface area contributed by atoms with Gasteiger partial charge in [-0.3, -0.25) is 24.5 Å². The minimum atomic E-state index is -0.605. The predicted molar refractivity (Wildman–Crippen MR) is 142 cm³/mol. The maximum Gasteiger partial charge on any atom is 0.237 e. The number of imidazole rings is 1. The third kappa shape index (κ3) is 3.07. The van der Waals surface area contributed by atoms with Crippen molar-refractivity contribution in [3.05, 3.63) is 55.0 Å². The van der Waals surface area contributed by atoms with Crippen molar-refractivity contribution in [1.82, 2.24) is 39.7 Å². The van der Waals surface area contributed by atoms with Crippen LogP contribution in [0.4, 0.5) is 0 Å². The summed E-state index contributed by atoms with van der Waals surface area (Å²) in [7, 11) is 0. The zero-order chi connectivity index (χ0) is 24.6. The fraction of sp³-hybridized carbons (Fsp3) is 0.154. The van der Waals surface area contributed by atoms with E-state index in [-0.39, 0.29) is 5.91 Å². The molecule has 2 N–H and O–H groups in total. The van der Waals surface area contributed by atoms with Crippen LogP contribution in [0.1, 0.15) is 25.6 Å². The maximum atomic E-state index is 13.7. The van der Waals surface area contributed by atoms with Gasteiger partial charge in [0.15, 0.2) is 11.3 Å². The number of aromatic amines is 2. The van der Waals surface area contributed by atoms with E-state index in [9.17, 15) is 4.79 Å². The highest BCUT2D eigenvalue weighted by atomic mass is 32.1. The molecule has 0 saturated carbocycles. The van der Waals surface area contributed by atoms with Crippen molar-refractivity contribution in [2.75, 3.05) is 0 Å². The minimum Gasteiger partial charge on any atom is -0.298 e. The summed E-state index contributed by atoms with van der Waals surface area (Å²) < 4.78 is 2.72. The summed E-state index contributed by atoms with van der Waals surface area (Å²) in [5, 5.41) is 8.05. The van der Waals surface area contributed by atoms with E-state index in [1.165, 1.54) is 11.3 Å². The number of hydrogen-bond donors (Lipinski definition) is 2. The molecule has 0 radical (unpaired) electrons. The molecule has 0 saturated heterocycles. The van der Waals surface area contributed by atoms with Crippen molar-refractivity contribution in [3.63, 3.8) is 0 Å². The van der Waals surface area contributed by atoms with Gasteiger partial charge in [-0.2, -0.15) is 0 Å². The molecule has 8 bridgehead atoms. The van der Waals surface area contributed by atoms with Crippen molar-refractivity contribution in [1.29, 1.82) is 0 Å². The SMILES string of the molecule is CC(C)(C)C(=O)n1c2cncc(c2)c2ccc3[nH][nH]c(c4nc5nccc(c6ccc1s6)c5n4)-c3n2. The van der Waals surface area contributed by atoms with E-state index in [0.29, 0.717) is 33.7 Å². The quantitative estimate of drug-likeness (QED) is 0.274. The second-order valence-corrected chi connectivity index (χ2v) is 10.8. The van der Waals surface area contributed by atoms with E-state index in [4.69, 9.17) is 15.0 Å². The molecule has 0 spiro atoms. The van der Waals surface area contributed by atoms with Crippen LogP contribution in [0, 0.1) is 5.41 Å². The van der Waals surface area contributed by atoms with E-state index in [2.05, 4.69) is 20.2 Å². The molecule has 7 heterocycles. The predicted octanol–water partition coefficient (Wildman–Crippen LogP) is 5.86. The van der Waals surface area contributed by atoms with Crippen LogP contribution >= 0.6 is 11.3 Å². The van der Waals surface area contributed by atoms with E-state index in [1.54, 1.807) is 23.2 Å². The van der Waals surface area contributed by atoms with E-state index in [0.717, 1.165) is 31.3 Å². The van der Waals surface area contributed by atoms with Crippen LogP contribution in [-0.2, 0) is 0 Å². The summed E-state index contributed by atoms with van der Waals surface area (Å²) in [6.45, 7) is 5.76. The Balaban J connectivity index is 1.74. The van der Waals surface area contributed by atoms with Crippen LogP contribution in [-0.4, -0.2) is 45.6 Å². The highest BCUT2D eigenvalue weighted by Gasteiger charge is 2.25. The second kappa shape index (κ2) is 7.28. The number of fused-ring (bicyclic) bond motifs is 9. The van der Waals surface area contributed by atoms with Crippen molar-refractivity contribution in [2.24, 2.45) is 5.41 Å². The van der Waals surface area contributed by atoms with Gasteiger partial charge in [-0.25, -0.2) is 19.9 Å². The van der Waals surface area contributed by atoms with E-state index in [1.807, 2.05) is 57.2 Å². The molecule has 5 aromatic rings. The minimum absolute atomic E-state index is 0.0274. The first kappa shape index (κ1) is 20.9. The summed E-state index contributed by atoms with van der Waals surface area (Å²) in [6, 6.07) is 11.8. The number of nitrogens with zero attached hydrogens (tertiary/aromatic N) is 6. The third-order valence-electron chi connectivity index (χ3n) is 6.21. The molecular weight excluding hydrogens is 472 g/mol. The molecule has 2 aliphatic heterocycles. The Hall–Kier alpha value is -4.44. The first-order valence-electron chi connectivity index (χ1n) is 11.5. The van der Waals surface area contributed by atoms with Gasteiger partial charge in [-0.15, -0.1) is 11.3 Å². The number of nitrogens with one attached hydrogen (secondary N) is 2. The van der Waals surface area contributed by atoms with Gasteiger partial charge in [-0.05, 0) is 36.4 Å². The van der Waals surface area contributed by atoms with Gasteiger partial charge in [-0.1, -0.05) is 20.8 Å². The standard InChI is InChI=1S/C26H20N8OS/c1-26(2,3)25(35)34-14-10-13(11-27-12-14)16-4-5-17-21(29-16)22(33-32-17)24-30-20-15(8-9-28-23(20)31-24)18-6-7-19(34)36-18/h4-12,32-33H,1-3H3. The third-order valence-corrected chi connectivity index (χ3v) is 7.32. The largest absolute Gasteiger partial charge is 0.298 e. The Morgan fingerprint density at radius 1 is 0.972 bits per heavy atom. The van der Waals surface area contributed by atoms with Crippen molar-refractivity contribution < 1.29 is 4.79 Å². The molecule has 0 fully saturated rings. The fourth-order valence-corrected chi connectivity index (χ4v) is 5.45. The van der Waals surface area contributed by atoms with Gasteiger partial charge in [0.2, 0.25) is 5.91 Å². The molecular formula is C26H20N8OS. The number of rotatable bonds is 0.